The van der Waals surface area contributed by atoms with Crippen molar-refractivity contribution in [3.05, 3.63) is 169 Å². The van der Waals surface area contributed by atoms with E-state index in [0.717, 1.165) is 37.1 Å². The molecule has 0 saturated heterocycles. The number of hydrogen-bond donors (Lipinski definition) is 4. The van der Waals surface area contributed by atoms with Crippen LogP contribution in [0.4, 0.5) is 49.9 Å². The number of allylic oxidation sites excluding steroid dienone is 8. The van der Waals surface area contributed by atoms with Gasteiger partial charge in [-0.1, -0.05) is 36.4 Å². The maximum absolute atomic E-state index is 13.2. The molecule has 4 amide bonds. The fourth-order valence-electron chi connectivity index (χ4n) is 3.37. The molecule has 0 aliphatic heterocycles. The minimum atomic E-state index is -0.946. The third-order valence-electron chi connectivity index (χ3n) is 5.46. The first-order chi connectivity index (χ1) is 22.3. The maximum atomic E-state index is 13.2. The summed E-state index contributed by atoms with van der Waals surface area (Å²) < 4.78 is 51.6. The van der Waals surface area contributed by atoms with Crippen molar-refractivity contribution in [2.75, 3.05) is 21.3 Å². The molecule has 11 heteroatoms. The van der Waals surface area contributed by atoms with Crippen molar-refractivity contribution >= 4 is 34.8 Å². The number of nitrogens with one attached hydrogen (secondary N) is 4. The molecule has 0 unspecified atom stereocenters. The molecule has 4 aromatic rings. The Hall–Kier alpha value is -5.19. The van der Waals surface area contributed by atoms with Crippen molar-refractivity contribution in [3.63, 3.8) is 0 Å². The Morgan fingerprint density at radius 2 is 0.915 bits per heavy atom. The predicted octanol–water partition coefficient (Wildman–Crippen LogP) is 9.43. The van der Waals surface area contributed by atoms with Gasteiger partial charge in [-0.15, -0.1) is 49.2 Å². The van der Waals surface area contributed by atoms with Gasteiger partial charge in [-0.2, -0.15) is 12.2 Å². The van der Waals surface area contributed by atoms with Crippen molar-refractivity contribution in [3.8, 4) is 0 Å². The molecule has 0 fully saturated rings. The van der Waals surface area contributed by atoms with E-state index in [4.69, 9.17) is 0 Å². The van der Waals surface area contributed by atoms with Gasteiger partial charge in [0, 0.05) is 34.6 Å². The van der Waals surface area contributed by atoms with Gasteiger partial charge in [0.2, 0.25) is 0 Å². The molecule has 0 aromatic heterocycles. The second kappa shape index (κ2) is 21.5. The Balaban J connectivity index is 0.000000248. The molecule has 2 aliphatic rings. The zero-order chi connectivity index (χ0) is 33.0. The molecule has 236 valence electrons. The van der Waals surface area contributed by atoms with Crippen LogP contribution in [-0.2, 0) is 21.7 Å². The number of urea groups is 2. The van der Waals surface area contributed by atoms with Gasteiger partial charge in [-0.05, 0) is 35.6 Å². The molecule has 4 N–H and O–H groups in total. The van der Waals surface area contributed by atoms with Crippen LogP contribution in [0.25, 0.3) is 0 Å². The average Bonchev–Trinajstić information content (AvgIpc) is 3.82. The number of rotatable bonds is 4. The summed E-state index contributed by atoms with van der Waals surface area (Å²) in [5.74, 6) is -3.53. The molecule has 2 aliphatic carbocycles. The summed E-state index contributed by atoms with van der Waals surface area (Å²) in [5, 5.41) is 9.54. The van der Waals surface area contributed by atoms with Gasteiger partial charge in [0.15, 0.2) is 0 Å². The van der Waals surface area contributed by atoms with Crippen LogP contribution < -0.4 is 21.3 Å². The van der Waals surface area contributed by atoms with Gasteiger partial charge < -0.3 is 21.3 Å². The fraction of sp³-hybridized carbons (Fsp3) is 0.0556. The van der Waals surface area contributed by atoms with E-state index in [1.54, 1.807) is 60.7 Å². The van der Waals surface area contributed by atoms with E-state index >= 15 is 0 Å². The quantitative estimate of drug-likeness (QED) is 0.0990. The van der Waals surface area contributed by atoms with E-state index in [0.29, 0.717) is 11.4 Å². The summed E-state index contributed by atoms with van der Waals surface area (Å²) in [6.45, 7) is 0. The van der Waals surface area contributed by atoms with Crippen molar-refractivity contribution in [2.45, 2.75) is 12.8 Å². The number of halogens is 4. The summed E-state index contributed by atoms with van der Waals surface area (Å²) in [6.07, 6.45) is 20.0. The second-order valence-corrected chi connectivity index (χ2v) is 8.96. The van der Waals surface area contributed by atoms with Crippen LogP contribution in [0.1, 0.15) is 12.8 Å². The largest absolute Gasteiger partial charge is 4.00 e. The van der Waals surface area contributed by atoms with Crippen LogP contribution in [0.2, 0.25) is 0 Å². The van der Waals surface area contributed by atoms with E-state index in [1.807, 2.05) is 36.4 Å². The Morgan fingerprint density at radius 1 is 0.532 bits per heavy atom. The Labute approximate surface area is 285 Å². The Kier molecular flexibility index (Phi) is 17.4. The summed E-state index contributed by atoms with van der Waals surface area (Å²) >= 11 is 0. The van der Waals surface area contributed by atoms with E-state index < -0.39 is 35.3 Å². The number of benzene rings is 4. The first kappa shape index (κ1) is 38.0. The van der Waals surface area contributed by atoms with Crippen molar-refractivity contribution in [1.82, 2.24) is 0 Å². The van der Waals surface area contributed by atoms with Gasteiger partial charge in [0.25, 0.3) is 0 Å². The Bertz CT molecular complexity index is 1540. The fourth-order valence-corrected chi connectivity index (χ4v) is 3.37. The number of hydrogen-bond acceptors (Lipinski definition) is 2. The van der Waals surface area contributed by atoms with Crippen molar-refractivity contribution < 1.29 is 48.9 Å². The molecule has 6 nitrogen and oxygen atoms in total. The third kappa shape index (κ3) is 15.6. The van der Waals surface area contributed by atoms with Crippen LogP contribution in [0.15, 0.2) is 121 Å². The summed E-state index contributed by atoms with van der Waals surface area (Å²) in [4.78, 5) is 23.0. The van der Waals surface area contributed by atoms with Crippen LogP contribution in [-0.4, -0.2) is 12.1 Å². The first-order valence-corrected chi connectivity index (χ1v) is 13.7. The SMILES string of the molecule is O=C(Nc1ccccc1)Nc1ccc(F)[c-]c1F.O=C(Nc1ccccc1)Nc1ccc(F)[c-]c1F.[C-]1=CC=CC1.[C-]1=CC=CC1.[Ti+4]. The molecule has 6 rings (SSSR count). The topological polar surface area (TPSA) is 82.3 Å². The molecule has 4 aromatic carbocycles. The molecule has 0 saturated carbocycles. The summed E-state index contributed by atoms with van der Waals surface area (Å²) in [5.41, 5.74) is 0.873. The van der Waals surface area contributed by atoms with E-state index in [9.17, 15) is 27.2 Å². The Morgan fingerprint density at radius 3 is 1.19 bits per heavy atom. The van der Waals surface area contributed by atoms with Gasteiger partial charge >= 0.3 is 33.8 Å². The molecular formula is C36H28F4N4O2Ti. The van der Waals surface area contributed by atoms with E-state index in [2.05, 4.69) is 45.6 Å². The standard InChI is InChI=1S/2C13H9F2N2O.2C5H5.Ti/c2*14-9-6-7-12(11(15)8-9)17-13(18)16-10-4-2-1-3-5-10;2*1-2-4-5-3-1;/h2*1-7H,(H2,16,17,18);2*1-3H,4H2;/q4*-1;+4. The van der Waals surface area contributed by atoms with Crippen LogP contribution in [0.3, 0.4) is 0 Å². The molecule has 0 bridgehead atoms. The number of anilines is 4. The monoisotopic (exact) mass is 672 g/mol. The van der Waals surface area contributed by atoms with Crippen LogP contribution >= 0.6 is 0 Å². The smallest absolute Gasteiger partial charge is 0.358 e. The summed E-state index contributed by atoms with van der Waals surface area (Å²) in [7, 11) is 0. The first-order valence-electron chi connectivity index (χ1n) is 13.7. The average molecular weight is 673 g/mol. The van der Waals surface area contributed by atoms with E-state index in [1.165, 1.54) is 0 Å². The van der Waals surface area contributed by atoms with Gasteiger partial charge in [0.1, 0.15) is 0 Å². The molecule has 0 radical (unpaired) electrons. The van der Waals surface area contributed by atoms with Gasteiger partial charge in [-0.25, -0.2) is 51.5 Å². The van der Waals surface area contributed by atoms with Crippen LogP contribution in [0.5, 0.6) is 0 Å². The van der Waals surface area contributed by atoms with Crippen LogP contribution in [0, 0.1) is 47.6 Å². The van der Waals surface area contributed by atoms with Crippen molar-refractivity contribution in [1.29, 1.82) is 0 Å². The third-order valence-corrected chi connectivity index (χ3v) is 5.46. The number of amides is 4. The minimum Gasteiger partial charge on any atom is -0.358 e. The molecule has 0 spiro atoms. The summed E-state index contributed by atoms with van der Waals surface area (Å²) in [6, 6.07) is 24.1. The number of carbonyl (C=O) groups is 2. The number of carbonyl (C=O) groups excluding carboxylic acids is 2. The normalized spacial score (nSPS) is 11.3. The predicted molar refractivity (Wildman–Crippen MR) is 172 cm³/mol. The minimum absolute atomic E-state index is 0. The molecule has 0 heterocycles. The van der Waals surface area contributed by atoms with Gasteiger partial charge in [-0.3, -0.25) is 12.2 Å². The maximum Gasteiger partial charge on any atom is 4.00 e. The molecule has 0 atom stereocenters. The molecular weight excluding hydrogens is 644 g/mol. The second-order valence-electron chi connectivity index (χ2n) is 8.96. The number of para-hydroxylation sites is 2. The van der Waals surface area contributed by atoms with E-state index in [-0.39, 0.29) is 33.1 Å². The van der Waals surface area contributed by atoms with Gasteiger partial charge in [0.05, 0.1) is 0 Å². The molecule has 47 heavy (non-hydrogen) atoms. The zero-order valence-corrected chi connectivity index (χ0v) is 26.4. The van der Waals surface area contributed by atoms with Crippen molar-refractivity contribution in [2.24, 2.45) is 0 Å². The zero-order valence-electron chi connectivity index (χ0n) is 24.8.